The first-order chi connectivity index (χ1) is 31.2. The summed E-state index contributed by atoms with van der Waals surface area (Å²) in [5, 5.41) is 13.3. The molecule has 0 aliphatic rings. The van der Waals surface area contributed by atoms with Crippen LogP contribution in [0.1, 0.15) is 20.3 Å². The van der Waals surface area contributed by atoms with Crippen molar-refractivity contribution < 1.29 is 0 Å². The first-order valence-corrected chi connectivity index (χ1v) is 22.6. The van der Waals surface area contributed by atoms with Gasteiger partial charge in [0.05, 0.1) is 22.2 Å². The van der Waals surface area contributed by atoms with E-state index in [2.05, 4.69) is 219 Å². The summed E-state index contributed by atoms with van der Waals surface area (Å²) >= 11 is 1.85. The van der Waals surface area contributed by atoms with Crippen LogP contribution in [-0.2, 0) is 0 Å². The number of benzene rings is 10. The molecule has 13 aromatic rings. The summed E-state index contributed by atoms with van der Waals surface area (Å²) in [5.74, 6) is 0.650. The molecule has 0 N–H and O–H groups in total. The molecule has 0 amide bonds. The molecule has 0 spiro atoms. The lowest BCUT2D eigenvalue weighted by Gasteiger charge is -2.15. The molecule has 4 heteroatoms. The summed E-state index contributed by atoms with van der Waals surface area (Å²) in [6.45, 7) is 4.25. The number of para-hydroxylation sites is 2. The van der Waals surface area contributed by atoms with Crippen LogP contribution in [0.5, 0.6) is 0 Å². The normalized spacial score (nSPS) is 11.7. The largest absolute Gasteiger partial charge is 0.277 e. The van der Waals surface area contributed by atoms with Crippen LogP contribution in [0.25, 0.3) is 125 Å². The van der Waals surface area contributed by atoms with Gasteiger partial charge in [-0.3, -0.25) is 4.57 Å². The second-order valence-electron chi connectivity index (χ2n) is 16.3. The third-order valence-electron chi connectivity index (χ3n) is 12.4. The Hall–Kier alpha value is -7.66. The van der Waals surface area contributed by atoms with Crippen molar-refractivity contribution in [3.63, 3.8) is 0 Å². The monoisotopic (exact) mass is 823 g/mol. The molecule has 0 fully saturated rings. The highest BCUT2D eigenvalue weighted by Crippen LogP contribution is 2.47. The van der Waals surface area contributed by atoms with Gasteiger partial charge in [0.1, 0.15) is 0 Å². The van der Waals surface area contributed by atoms with E-state index >= 15 is 0 Å². The zero-order valence-electron chi connectivity index (χ0n) is 35.0. The van der Waals surface area contributed by atoms with Crippen LogP contribution in [0, 0.1) is 0 Å². The Kier molecular flexibility index (Phi) is 8.87. The summed E-state index contributed by atoms with van der Waals surface area (Å²) in [7, 11) is 0. The van der Waals surface area contributed by atoms with Crippen molar-refractivity contribution >= 4 is 96.5 Å². The van der Waals surface area contributed by atoms with E-state index in [4.69, 9.17) is 9.97 Å². The fourth-order valence-electron chi connectivity index (χ4n) is 9.81. The lowest BCUT2D eigenvalue weighted by molar-refractivity contribution is 1.02. The Labute approximate surface area is 369 Å². The van der Waals surface area contributed by atoms with E-state index in [9.17, 15) is 0 Å². The minimum Gasteiger partial charge on any atom is -0.277 e. The van der Waals surface area contributed by atoms with E-state index < -0.39 is 0 Å². The zero-order valence-corrected chi connectivity index (χ0v) is 35.8. The van der Waals surface area contributed by atoms with Crippen molar-refractivity contribution in [3.05, 3.63) is 200 Å². The molecule has 63 heavy (non-hydrogen) atoms. The highest BCUT2D eigenvalue weighted by Gasteiger charge is 2.25. The van der Waals surface area contributed by atoms with Crippen molar-refractivity contribution in [2.75, 3.05) is 0 Å². The average molecular weight is 824 g/mol. The molecular weight excluding hydrogens is 783 g/mol. The average Bonchev–Trinajstić information content (AvgIpc) is 3.91. The van der Waals surface area contributed by atoms with Crippen molar-refractivity contribution in [2.24, 2.45) is 0 Å². The molecule has 3 nitrogen and oxygen atoms in total. The standard InChI is InChI=1S/C56H33N3S.C3H8/c1-2-16-37-34(14-1)15-11-23-38(37)35-30-32-36(33-31-35)53-45-21-7-9-27-48(45)57-56(58-53)59-54-44(42-24-13-29-50-51(42)46-22-8-10-28-49(46)60-50)25-12-26-47(54)52-41-19-5-3-17-39(41)40-18-4-6-20-43(40)55(52)59;1-3-2/h1-33H;3H2,1-2H3. The molecule has 3 heterocycles. The van der Waals surface area contributed by atoms with Crippen LogP contribution >= 0.6 is 11.3 Å². The van der Waals surface area contributed by atoms with Crippen LogP contribution in [0.3, 0.4) is 0 Å². The summed E-state index contributed by atoms with van der Waals surface area (Å²) < 4.78 is 4.95. The smallest absolute Gasteiger partial charge is 0.235 e. The zero-order chi connectivity index (χ0) is 42.0. The van der Waals surface area contributed by atoms with Crippen LogP contribution in [0.15, 0.2) is 200 Å². The van der Waals surface area contributed by atoms with Gasteiger partial charge in [-0.15, -0.1) is 11.3 Å². The van der Waals surface area contributed by atoms with Gasteiger partial charge in [-0.2, -0.15) is 0 Å². The predicted molar refractivity (Wildman–Crippen MR) is 272 cm³/mol. The second-order valence-corrected chi connectivity index (χ2v) is 17.4. The van der Waals surface area contributed by atoms with Crippen molar-refractivity contribution in [3.8, 4) is 39.5 Å². The minimum absolute atomic E-state index is 0.650. The maximum atomic E-state index is 5.64. The maximum absolute atomic E-state index is 5.64. The van der Waals surface area contributed by atoms with Gasteiger partial charge < -0.3 is 0 Å². The van der Waals surface area contributed by atoms with Gasteiger partial charge in [0.2, 0.25) is 5.95 Å². The predicted octanol–water partition coefficient (Wildman–Crippen LogP) is 17.0. The van der Waals surface area contributed by atoms with E-state index in [1.807, 2.05) is 11.3 Å². The number of nitrogens with zero attached hydrogens (tertiary/aromatic N) is 3. The molecule has 0 saturated carbocycles. The first-order valence-electron chi connectivity index (χ1n) is 21.8. The highest BCUT2D eigenvalue weighted by atomic mass is 32.1. The molecule has 0 aliphatic heterocycles. The molecule has 0 atom stereocenters. The van der Waals surface area contributed by atoms with Crippen molar-refractivity contribution in [1.29, 1.82) is 0 Å². The van der Waals surface area contributed by atoms with E-state index in [1.165, 1.54) is 86.4 Å². The molecule has 0 radical (unpaired) electrons. The fourth-order valence-corrected chi connectivity index (χ4v) is 10.9. The molecule has 0 saturated heterocycles. The fraction of sp³-hybridized carbons (Fsp3) is 0.0508. The Morgan fingerprint density at radius 2 is 0.921 bits per heavy atom. The number of fused-ring (bicyclic) bond motifs is 13. The molecule has 3 aromatic heterocycles. The van der Waals surface area contributed by atoms with E-state index in [0.29, 0.717) is 5.95 Å². The highest BCUT2D eigenvalue weighted by molar-refractivity contribution is 7.25. The van der Waals surface area contributed by atoms with Crippen LogP contribution in [0.2, 0.25) is 0 Å². The molecule has 0 bridgehead atoms. The molecule has 13 rings (SSSR count). The topological polar surface area (TPSA) is 30.7 Å². The summed E-state index contributed by atoms with van der Waals surface area (Å²) in [5.41, 5.74) is 9.83. The van der Waals surface area contributed by atoms with Crippen molar-refractivity contribution in [1.82, 2.24) is 14.5 Å². The lowest BCUT2D eigenvalue weighted by atomic mass is 9.95. The first kappa shape index (κ1) is 37.1. The number of aromatic nitrogens is 3. The van der Waals surface area contributed by atoms with E-state index in [0.717, 1.165) is 38.8 Å². The van der Waals surface area contributed by atoms with Crippen LogP contribution in [0.4, 0.5) is 0 Å². The van der Waals surface area contributed by atoms with E-state index in [1.54, 1.807) is 0 Å². The maximum Gasteiger partial charge on any atom is 0.235 e. The van der Waals surface area contributed by atoms with Gasteiger partial charge in [0.15, 0.2) is 0 Å². The summed E-state index contributed by atoms with van der Waals surface area (Å²) in [6, 6.07) is 72.5. The number of hydrogen-bond acceptors (Lipinski definition) is 3. The van der Waals surface area contributed by atoms with Gasteiger partial charge in [0.25, 0.3) is 0 Å². The third-order valence-corrected chi connectivity index (χ3v) is 13.5. The van der Waals surface area contributed by atoms with Crippen LogP contribution in [-0.4, -0.2) is 14.5 Å². The Morgan fingerprint density at radius 3 is 1.73 bits per heavy atom. The molecule has 298 valence electrons. The van der Waals surface area contributed by atoms with Gasteiger partial charge in [-0.05, 0) is 61.8 Å². The van der Waals surface area contributed by atoms with Crippen LogP contribution < -0.4 is 0 Å². The number of hydrogen-bond donors (Lipinski definition) is 0. The number of thiophene rings is 1. The third kappa shape index (κ3) is 5.86. The van der Waals surface area contributed by atoms with Crippen molar-refractivity contribution in [2.45, 2.75) is 20.3 Å². The van der Waals surface area contributed by atoms with Gasteiger partial charge in [-0.1, -0.05) is 202 Å². The summed E-state index contributed by atoms with van der Waals surface area (Å²) in [4.78, 5) is 11.1. The Balaban J connectivity index is 0.00000137. The Bertz CT molecular complexity index is 3910. The van der Waals surface area contributed by atoms with Gasteiger partial charge in [-0.25, -0.2) is 9.97 Å². The second kappa shape index (κ2) is 15.1. The summed E-state index contributed by atoms with van der Waals surface area (Å²) in [6.07, 6.45) is 1.25. The molecule has 0 unspecified atom stereocenters. The van der Waals surface area contributed by atoms with Gasteiger partial charge in [0, 0.05) is 52.8 Å². The quantitative estimate of drug-likeness (QED) is 0.166. The number of rotatable bonds is 4. The van der Waals surface area contributed by atoms with E-state index in [-0.39, 0.29) is 0 Å². The Morgan fingerprint density at radius 1 is 0.381 bits per heavy atom. The minimum atomic E-state index is 0.650. The van der Waals surface area contributed by atoms with Gasteiger partial charge >= 0.3 is 0 Å². The molecular formula is C59H41N3S. The SMILES string of the molecule is CCC.c1ccc2c(-c3ccc(-c4nc(-n5c6c(-c7cccc8sc9ccccc9c78)cccc6c6c7ccccc7c7ccccc7c65)nc5ccccc45)cc3)cccc2c1. The lowest BCUT2D eigenvalue weighted by Crippen LogP contribution is -2.04. The molecule has 10 aromatic carbocycles. The molecule has 0 aliphatic carbocycles.